The maximum atomic E-state index is 12.4. The quantitative estimate of drug-likeness (QED) is 0.769. The average molecular weight is 411 g/mol. The van der Waals surface area contributed by atoms with E-state index in [4.69, 9.17) is 9.47 Å². The maximum absolute atomic E-state index is 12.4. The van der Waals surface area contributed by atoms with Gasteiger partial charge in [-0.1, -0.05) is 6.07 Å². The maximum Gasteiger partial charge on any atom is 0.255 e. The van der Waals surface area contributed by atoms with E-state index in [0.29, 0.717) is 17.1 Å². The summed E-state index contributed by atoms with van der Waals surface area (Å²) >= 11 is 2.25. The smallest absolute Gasteiger partial charge is 0.255 e. The monoisotopic (exact) mass is 411 g/mol. The molecule has 0 saturated carbocycles. The Morgan fingerprint density at radius 2 is 1.64 bits per heavy atom. The normalized spacial score (nSPS) is 10.2. The van der Waals surface area contributed by atoms with Crippen LogP contribution in [0.5, 0.6) is 11.5 Å². The Balaban J connectivity index is 2.31. The van der Waals surface area contributed by atoms with Crippen LogP contribution in [0.3, 0.4) is 0 Å². The number of amides is 1. The third kappa shape index (κ3) is 3.52. The van der Waals surface area contributed by atoms with Gasteiger partial charge in [0.05, 0.1) is 14.2 Å². The molecule has 0 unspecified atom stereocenters. The van der Waals surface area contributed by atoms with Crippen LogP contribution in [0.25, 0.3) is 0 Å². The third-order valence-electron chi connectivity index (χ3n) is 3.44. The van der Waals surface area contributed by atoms with Gasteiger partial charge in [-0.25, -0.2) is 0 Å². The first-order valence-electron chi connectivity index (χ1n) is 6.76. The minimum absolute atomic E-state index is 0.198. The van der Waals surface area contributed by atoms with Gasteiger partial charge in [0.2, 0.25) is 0 Å². The summed E-state index contributed by atoms with van der Waals surface area (Å²) in [5.74, 6) is 1.06. The first kappa shape index (κ1) is 16.6. The SMILES string of the molecule is COc1cc(C(=O)Nc2ccc(C)c(I)c2)cc(OC)c1C. The highest BCUT2D eigenvalue weighted by Crippen LogP contribution is 2.30. The molecule has 0 aromatic heterocycles. The number of halogens is 1. The standard InChI is InChI=1S/C17H18INO3/c1-10-5-6-13(9-14(10)18)19-17(20)12-7-15(21-3)11(2)16(8-12)22-4/h5-9H,1-4H3,(H,19,20). The molecule has 22 heavy (non-hydrogen) atoms. The van der Waals surface area contributed by atoms with Crippen molar-refractivity contribution in [3.05, 3.63) is 50.6 Å². The van der Waals surface area contributed by atoms with Gasteiger partial charge in [-0.3, -0.25) is 4.79 Å². The number of carbonyl (C=O) groups is 1. The van der Waals surface area contributed by atoms with Gasteiger partial charge in [0.15, 0.2) is 0 Å². The van der Waals surface area contributed by atoms with E-state index in [1.165, 1.54) is 5.56 Å². The van der Waals surface area contributed by atoms with E-state index in [1.54, 1.807) is 26.4 Å². The zero-order valence-electron chi connectivity index (χ0n) is 13.0. The number of benzene rings is 2. The second-order valence-corrected chi connectivity index (χ2v) is 6.09. The zero-order valence-corrected chi connectivity index (χ0v) is 15.1. The van der Waals surface area contributed by atoms with Crippen molar-refractivity contribution in [1.29, 1.82) is 0 Å². The van der Waals surface area contributed by atoms with Crippen molar-refractivity contribution in [3.8, 4) is 11.5 Å². The molecule has 2 rings (SSSR count). The number of aryl methyl sites for hydroxylation is 1. The Morgan fingerprint density at radius 1 is 1.05 bits per heavy atom. The molecule has 0 atom stereocenters. The lowest BCUT2D eigenvalue weighted by molar-refractivity contribution is 0.102. The van der Waals surface area contributed by atoms with E-state index in [2.05, 4.69) is 27.9 Å². The Bertz CT molecular complexity index is 688. The fourth-order valence-electron chi connectivity index (χ4n) is 2.09. The average Bonchev–Trinajstić information content (AvgIpc) is 2.51. The van der Waals surface area contributed by atoms with Crippen LogP contribution in [0.15, 0.2) is 30.3 Å². The lowest BCUT2D eigenvalue weighted by Gasteiger charge is -2.13. The van der Waals surface area contributed by atoms with Crippen LogP contribution in [0.4, 0.5) is 5.69 Å². The molecular weight excluding hydrogens is 393 g/mol. The lowest BCUT2D eigenvalue weighted by Crippen LogP contribution is -2.13. The fraction of sp³-hybridized carbons (Fsp3) is 0.235. The molecule has 0 fully saturated rings. The first-order valence-corrected chi connectivity index (χ1v) is 7.84. The highest BCUT2D eigenvalue weighted by molar-refractivity contribution is 14.1. The lowest BCUT2D eigenvalue weighted by atomic mass is 10.1. The topological polar surface area (TPSA) is 47.6 Å². The number of carbonyl (C=O) groups excluding carboxylic acids is 1. The molecule has 2 aromatic carbocycles. The van der Waals surface area contributed by atoms with Gasteiger partial charge in [0.25, 0.3) is 5.91 Å². The van der Waals surface area contributed by atoms with Crippen LogP contribution in [-0.4, -0.2) is 20.1 Å². The minimum atomic E-state index is -0.198. The summed E-state index contributed by atoms with van der Waals surface area (Å²) in [5.41, 5.74) is 3.30. The summed E-state index contributed by atoms with van der Waals surface area (Å²) in [6, 6.07) is 9.24. The number of hydrogen-bond donors (Lipinski definition) is 1. The molecule has 4 nitrogen and oxygen atoms in total. The van der Waals surface area contributed by atoms with Gasteiger partial charge in [-0.15, -0.1) is 0 Å². The van der Waals surface area contributed by atoms with E-state index in [-0.39, 0.29) is 5.91 Å². The molecule has 0 bridgehead atoms. The molecule has 1 amide bonds. The molecular formula is C17H18INO3. The first-order chi connectivity index (χ1) is 10.5. The molecule has 0 spiro atoms. The summed E-state index contributed by atoms with van der Waals surface area (Å²) in [6.45, 7) is 3.92. The van der Waals surface area contributed by atoms with Gasteiger partial charge < -0.3 is 14.8 Å². The molecule has 0 aliphatic carbocycles. The molecule has 0 saturated heterocycles. The molecule has 0 aliphatic heterocycles. The summed E-state index contributed by atoms with van der Waals surface area (Å²) in [4.78, 5) is 12.4. The number of rotatable bonds is 4. The highest BCUT2D eigenvalue weighted by atomic mass is 127. The van der Waals surface area contributed by atoms with Crippen molar-refractivity contribution in [2.24, 2.45) is 0 Å². The van der Waals surface area contributed by atoms with Crippen molar-refractivity contribution in [2.45, 2.75) is 13.8 Å². The van der Waals surface area contributed by atoms with Gasteiger partial charge >= 0.3 is 0 Å². The highest BCUT2D eigenvalue weighted by Gasteiger charge is 2.14. The Hall–Kier alpha value is -1.76. The number of nitrogens with one attached hydrogen (secondary N) is 1. The zero-order chi connectivity index (χ0) is 16.3. The van der Waals surface area contributed by atoms with Crippen molar-refractivity contribution in [2.75, 3.05) is 19.5 Å². The van der Waals surface area contributed by atoms with Gasteiger partial charge in [0, 0.05) is 20.4 Å². The predicted molar refractivity (Wildman–Crippen MR) is 96.1 cm³/mol. The minimum Gasteiger partial charge on any atom is -0.496 e. The van der Waals surface area contributed by atoms with Crippen molar-refractivity contribution < 1.29 is 14.3 Å². The van der Waals surface area contributed by atoms with Crippen molar-refractivity contribution >= 4 is 34.2 Å². The van der Waals surface area contributed by atoms with Crippen molar-refractivity contribution in [1.82, 2.24) is 0 Å². The number of hydrogen-bond acceptors (Lipinski definition) is 3. The van der Waals surface area contributed by atoms with Crippen LogP contribution in [0, 0.1) is 17.4 Å². The number of ether oxygens (including phenoxy) is 2. The fourth-order valence-corrected chi connectivity index (χ4v) is 2.61. The van der Waals surface area contributed by atoms with Gasteiger partial charge in [-0.2, -0.15) is 0 Å². The second-order valence-electron chi connectivity index (χ2n) is 4.92. The Labute approximate surface area is 144 Å². The molecule has 2 aromatic rings. The van der Waals surface area contributed by atoms with E-state index in [0.717, 1.165) is 14.8 Å². The number of methoxy groups -OCH3 is 2. The van der Waals surface area contributed by atoms with Gasteiger partial charge in [0.1, 0.15) is 11.5 Å². The Morgan fingerprint density at radius 3 is 2.14 bits per heavy atom. The molecule has 0 heterocycles. The summed E-state index contributed by atoms with van der Waals surface area (Å²) in [6.07, 6.45) is 0. The largest absolute Gasteiger partial charge is 0.496 e. The summed E-state index contributed by atoms with van der Waals surface area (Å²) in [7, 11) is 3.15. The van der Waals surface area contributed by atoms with E-state index in [1.807, 2.05) is 32.0 Å². The van der Waals surface area contributed by atoms with E-state index < -0.39 is 0 Å². The predicted octanol–water partition coefficient (Wildman–Crippen LogP) is 4.18. The van der Waals surface area contributed by atoms with Crippen LogP contribution >= 0.6 is 22.6 Å². The number of anilines is 1. The molecule has 5 heteroatoms. The Kier molecular flexibility index (Phi) is 5.28. The van der Waals surface area contributed by atoms with E-state index in [9.17, 15) is 4.79 Å². The van der Waals surface area contributed by atoms with Crippen LogP contribution < -0.4 is 14.8 Å². The van der Waals surface area contributed by atoms with Crippen LogP contribution in [0.1, 0.15) is 21.5 Å². The van der Waals surface area contributed by atoms with Crippen molar-refractivity contribution in [3.63, 3.8) is 0 Å². The molecule has 1 N–H and O–H groups in total. The molecule has 0 aliphatic rings. The second kappa shape index (κ2) is 7.00. The van der Waals surface area contributed by atoms with E-state index >= 15 is 0 Å². The molecule has 0 radical (unpaired) electrons. The van der Waals surface area contributed by atoms with Gasteiger partial charge in [-0.05, 0) is 66.3 Å². The summed E-state index contributed by atoms with van der Waals surface area (Å²) in [5, 5.41) is 2.89. The third-order valence-corrected chi connectivity index (χ3v) is 4.61. The molecule has 116 valence electrons. The van der Waals surface area contributed by atoms with Crippen LogP contribution in [-0.2, 0) is 0 Å². The summed E-state index contributed by atoms with van der Waals surface area (Å²) < 4.78 is 11.7. The van der Waals surface area contributed by atoms with Crippen LogP contribution in [0.2, 0.25) is 0 Å².